The van der Waals surface area contributed by atoms with Crippen LogP contribution in [-0.2, 0) is 0 Å². The molecule has 1 saturated heterocycles. The Labute approximate surface area is 115 Å². The number of rotatable bonds is 2. The first kappa shape index (κ1) is 13.9. The van der Waals surface area contributed by atoms with Crippen molar-refractivity contribution in [3.8, 4) is 0 Å². The van der Waals surface area contributed by atoms with E-state index in [0.717, 1.165) is 19.6 Å². The van der Waals surface area contributed by atoms with E-state index in [1.165, 1.54) is 0 Å². The Morgan fingerprint density at radius 1 is 1.39 bits per heavy atom. The molecule has 0 spiro atoms. The number of aliphatic hydroxyl groups is 1. The maximum Gasteiger partial charge on any atom is 0.143 e. The third-order valence-electron chi connectivity index (χ3n) is 3.56. The highest BCUT2D eigenvalue weighted by atomic mass is 79.9. The van der Waals surface area contributed by atoms with Crippen LogP contribution in [-0.4, -0.2) is 54.7 Å². The molecule has 100 valence electrons. The highest BCUT2D eigenvalue weighted by molar-refractivity contribution is 9.10. The summed E-state index contributed by atoms with van der Waals surface area (Å²) >= 11 is 3.16. The van der Waals surface area contributed by atoms with Crippen molar-refractivity contribution >= 4 is 15.9 Å². The van der Waals surface area contributed by atoms with Gasteiger partial charge in [-0.05, 0) is 36.1 Å². The van der Waals surface area contributed by atoms with Crippen molar-refractivity contribution < 1.29 is 9.50 Å². The van der Waals surface area contributed by atoms with E-state index in [4.69, 9.17) is 0 Å². The van der Waals surface area contributed by atoms with Crippen molar-refractivity contribution in [2.75, 3.05) is 33.7 Å². The molecule has 1 fully saturated rings. The summed E-state index contributed by atoms with van der Waals surface area (Å²) in [6.07, 6.45) is -0.810. The van der Waals surface area contributed by atoms with Crippen LogP contribution in [0.3, 0.4) is 0 Å². The van der Waals surface area contributed by atoms with Gasteiger partial charge < -0.3 is 10.0 Å². The first-order chi connectivity index (χ1) is 8.50. The fourth-order valence-corrected chi connectivity index (χ4v) is 2.72. The minimum atomic E-state index is -0.810. The number of benzene rings is 1. The van der Waals surface area contributed by atoms with Crippen LogP contribution >= 0.6 is 15.9 Å². The molecule has 1 aromatic rings. The molecule has 5 heteroatoms. The molecular weight excluding hydrogens is 299 g/mol. The zero-order chi connectivity index (χ0) is 13.3. The Morgan fingerprint density at radius 3 is 2.83 bits per heavy atom. The summed E-state index contributed by atoms with van der Waals surface area (Å²) in [6.45, 7) is 2.60. The van der Waals surface area contributed by atoms with E-state index in [-0.39, 0.29) is 11.9 Å². The second kappa shape index (κ2) is 5.65. The summed E-state index contributed by atoms with van der Waals surface area (Å²) in [5.74, 6) is -0.369. The summed E-state index contributed by atoms with van der Waals surface area (Å²) in [5.41, 5.74) is 0.358. The molecule has 2 rings (SSSR count). The van der Waals surface area contributed by atoms with Gasteiger partial charge in [-0.1, -0.05) is 12.1 Å². The standard InChI is InChI=1S/C13H18BrFN2O/c1-16-6-7-17(2)11(8-16)13(18)9-4-3-5-10(14)12(9)15/h3-5,11,13,18H,6-8H2,1-2H3. The maximum atomic E-state index is 14.0. The second-order valence-corrected chi connectivity index (χ2v) is 5.75. The highest BCUT2D eigenvalue weighted by Gasteiger charge is 2.31. The summed E-state index contributed by atoms with van der Waals surface area (Å²) in [4.78, 5) is 4.24. The molecule has 0 aliphatic carbocycles. The van der Waals surface area contributed by atoms with E-state index in [0.29, 0.717) is 10.0 Å². The lowest BCUT2D eigenvalue weighted by Gasteiger charge is -2.40. The minimum absolute atomic E-state index is 0.0763. The van der Waals surface area contributed by atoms with E-state index in [2.05, 4.69) is 25.7 Å². The lowest BCUT2D eigenvalue weighted by atomic mass is 9.99. The Morgan fingerprint density at radius 2 is 2.11 bits per heavy atom. The van der Waals surface area contributed by atoms with Gasteiger partial charge in [0, 0.05) is 25.2 Å². The van der Waals surface area contributed by atoms with Gasteiger partial charge in [-0.3, -0.25) is 4.90 Å². The molecule has 2 atom stereocenters. The molecule has 0 bridgehead atoms. The summed E-state index contributed by atoms with van der Waals surface area (Å²) in [7, 11) is 3.99. The second-order valence-electron chi connectivity index (χ2n) is 4.90. The van der Waals surface area contributed by atoms with E-state index in [1.54, 1.807) is 18.2 Å². The van der Waals surface area contributed by atoms with Gasteiger partial charge in [-0.15, -0.1) is 0 Å². The number of likely N-dealkylation sites (N-methyl/N-ethyl adjacent to an activating group) is 2. The van der Waals surface area contributed by atoms with Crippen LogP contribution in [0.2, 0.25) is 0 Å². The van der Waals surface area contributed by atoms with E-state index in [1.807, 2.05) is 14.1 Å². The van der Waals surface area contributed by atoms with Crippen molar-refractivity contribution in [3.63, 3.8) is 0 Å². The summed E-state index contributed by atoms with van der Waals surface area (Å²) in [5, 5.41) is 10.4. The number of nitrogens with zero attached hydrogens (tertiary/aromatic N) is 2. The highest BCUT2D eigenvalue weighted by Crippen LogP contribution is 2.28. The molecule has 2 unspecified atom stereocenters. The SMILES string of the molecule is CN1CCN(C)C(C(O)c2cccc(Br)c2F)C1. The molecule has 18 heavy (non-hydrogen) atoms. The number of hydrogen-bond donors (Lipinski definition) is 1. The molecular formula is C13H18BrFN2O. The minimum Gasteiger partial charge on any atom is -0.387 e. The molecule has 1 aromatic carbocycles. The number of piperazine rings is 1. The lowest BCUT2D eigenvalue weighted by Crippen LogP contribution is -2.52. The molecule has 1 heterocycles. The molecule has 0 aromatic heterocycles. The third kappa shape index (κ3) is 2.74. The molecule has 0 saturated carbocycles. The van der Waals surface area contributed by atoms with Crippen molar-refractivity contribution in [1.82, 2.24) is 9.80 Å². The molecule has 3 nitrogen and oxygen atoms in total. The fourth-order valence-electron chi connectivity index (χ4n) is 2.34. The van der Waals surface area contributed by atoms with Crippen LogP contribution in [0.1, 0.15) is 11.7 Å². The molecule has 0 radical (unpaired) electrons. The largest absolute Gasteiger partial charge is 0.387 e. The van der Waals surface area contributed by atoms with Crippen molar-refractivity contribution in [3.05, 3.63) is 34.1 Å². The predicted molar refractivity (Wildman–Crippen MR) is 73.0 cm³/mol. The summed E-state index contributed by atoms with van der Waals surface area (Å²) < 4.78 is 14.4. The van der Waals surface area contributed by atoms with Gasteiger partial charge in [-0.25, -0.2) is 4.39 Å². The van der Waals surface area contributed by atoms with Crippen LogP contribution in [0.5, 0.6) is 0 Å². The topological polar surface area (TPSA) is 26.7 Å². The van der Waals surface area contributed by atoms with Gasteiger partial charge in [0.25, 0.3) is 0 Å². The van der Waals surface area contributed by atoms with Gasteiger partial charge in [0.1, 0.15) is 5.82 Å². The molecule has 0 amide bonds. The van der Waals surface area contributed by atoms with Gasteiger partial charge >= 0.3 is 0 Å². The molecule has 1 aliphatic heterocycles. The van der Waals surface area contributed by atoms with Gasteiger partial charge in [0.2, 0.25) is 0 Å². The normalized spacial score (nSPS) is 24.2. The zero-order valence-electron chi connectivity index (χ0n) is 10.6. The molecule has 1 N–H and O–H groups in total. The van der Waals surface area contributed by atoms with Gasteiger partial charge in [-0.2, -0.15) is 0 Å². The van der Waals surface area contributed by atoms with Crippen molar-refractivity contribution in [2.45, 2.75) is 12.1 Å². The van der Waals surface area contributed by atoms with Crippen LogP contribution in [0.25, 0.3) is 0 Å². The van der Waals surface area contributed by atoms with Crippen LogP contribution in [0.15, 0.2) is 22.7 Å². The Bertz CT molecular complexity index is 429. The van der Waals surface area contributed by atoms with Crippen molar-refractivity contribution in [1.29, 1.82) is 0 Å². The Kier molecular flexibility index (Phi) is 4.37. The average Bonchev–Trinajstić information content (AvgIpc) is 2.35. The van der Waals surface area contributed by atoms with Crippen LogP contribution < -0.4 is 0 Å². The smallest absolute Gasteiger partial charge is 0.143 e. The monoisotopic (exact) mass is 316 g/mol. The maximum absolute atomic E-state index is 14.0. The summed E-state index contributed by atoms with van der Waals surface area (Å²) in [6, 6.07) is 4.96. The number of hydrogen-bond acceptors (Lipinski definition) is 3. The average molecular weight is 317 g/mol. The van der Waals surface area contributed by atoms with E-state index < -0.39 is 6.10 Å². The Hall–Kier alpha value is -0.490. The first-order valence-corrected chi connectivity index (χ1v) is 6.80. The van der Waals surface area contributed by atoms with E-state index in [9.17, 15) is 9.50 Å². The predicted octanol–water partition coefficient (Wildman–Crippen LogP) is 1.87. The fraction of sp³-hybridized carbons (Fsp3) is 0.538. The van der Waals surface area contributed by atoms with Gasteiger partial charge in [0.15, 0.2) is 0 Å². The first-order valence-electron chi connectivity index (χ1n) is 6.01. The van der Waals surface area contributed by atoms with Gasteiger partial charge in [0.05, 0.1) is 16.6 Å². The number of halogens is 2. The number of aliphatic hydroxyl groups excluding tert-OH is 1. The third-order valence-corrected chi connectivity index (χ3v) is 4.18. The Balaban J connectivity index is 2.24. The van der Waals surface area contributed by atoms with Crippen molar-refractivity contribution in [2.24, 2.45) is 0 Å². The van der Waals surface area contributed by atoms with Crippen LogP contribution in [0, 0.1) is 5.82 Å². The van der Waals surface area contributed by atoms with E-state index >= 15 is 0 Å². The van der Waals surface area contributed by atoms with Crippen LogP contribution in [0.4, 0.5) is 4.39 Å². The zero-order valence-corrected chi connectivity index (χ0v) is 12.2. The quantitative estimate of drug-likeness (QED) is 0.902. The molecule has 1 aliphatic rings. The lowest BCUT2D eigenvalue weighted by molar-refractivity contribution is 0.0121.